The van der Waals surface area contributed by atoms with Crippen LogP contribution in [0, 0.1) is 13.8 Å². The molecule has 6 heteroatoms. The maximum Gasteiger partial charge on any atom is 0.262 e. The zero-order valence-electron chi connectivity index (χ0n) is 13.2. The molecule has 2 aromatic carbocycles. The van der Waals surface area contributed by atoms with Crippen molar-refractivity contribution >= 4 is 35.0 Å². The van der Waals surface area contributed by atoms with Crippen LogP contribution in [0.4, 0.5) is 5.69 Å². The quantitative estimate of drug-likeness (QED) is 0.871. The van der Waals surface area contributed by atoms with Crippen LogP contribution in [-0.2, 0) is 4.79 Å². The lowest BCUT2D eigenvalue weighted by molar-refractivity contribution is -0.116. The molecule has 2 aromatic rings. The van der Waals surface area contributed by atoms with Crippen LogP contribution in [0.1, 0.15) is 31.8 Å². The van der Waals surface area contributed by atoms with E-state index >= 15 is 0 Å². The number of aryl methyl sites for hydroxylation is 1. The van der Waals surface area contributed by atoms with Crippen molar-refractivity contribution in [3.05, 3.63) is 63.7 Å². The number of halogens is 1. The Morgan fingerprint density at radius 3 is 2.54 bits per heavy atom. The van der Waals surface area contributed by atoms with Crippen molar-refractivity contribution in [3.63, 3.8) is 0 Å². The Kier molecular flexibility index (Phi) is 4.11. The number of benzene rings is 2. The third kappa shape index (κ3) is 2.78. The molecule has 3 amide bonds. The largest absolute Gasteiger partial charge is 0.324 e. The first-order chi connectivity index (χ1) is 11.4. The molecule has 1 N–H and O–H groups in total. The molecule has 0 fully saturated rings. The zero-order chi connectivity index (χ0) is 17.4. The van der Waals surface area contributed by atoms with E-state index in [1.165, 1.54) is 0 Å². The molecule has 0 aromatic heterocycles. The molecule has 1 aliphatic heterocycles. The number of fused-ring (bicyclic) bond motifs is 1. The predicted molar refractivity (Wildman–Crippen MR) is 91.4 cm³/mol. The van der Waals surface area contributed by atoms with Gasteiger partial charge in [-0.3, -0.25) is 19.3 Å². The van der Waals surface area contributed by atoms with E-state index in [0.717, 1.165) is 16.0 Å². The van der Waals surface area contributed by atoms with Gasteiger partial charge in [-0.05, 0) is 43.7 Å². The molecule has 1 aliphatic rings. The molecule has 122 valence electrons. The third-order valence-electron chi connectivity index (χ3n) is 3.97. The third-order valence-corrected chi connectivity index (χ3v) is 4.38. The van der Waals surface area contributed by atoms with Crippen LogP contribution >= 0.6 is 11.6 Å². The fraction of sp³-hybridized carbons (Fsp3) is 0.167. The minimum absolute atomic E-state index is 0.331. The van der Waals surface area contributed by atoms with Gasteiger partial charge in [-0.1, -0.05) is 29.3 Å². The molecular formula is C18H15ClN2O3. The van der Waals surface area contributed by atoms with Gasteiger partial charge in [0.1, 0.15) is 6.54 Å². The Morgan fingerprint density at radius 1 is 1.08 bits per heavy atom. The van der Waals surface area contributed by atoms with Crippen molar-refractivity contribution in [2.24, 2.45) is 0 Å². The van der Waals surface area contributed by atoms with Crippen molar-refractivity contribution in [1.29, 1.82) is 0 Å². The lowest BCUT2D eigenvalue weighted by Crippen LogP contribution is -2.37. The average molecular weight is 343 g/mol. The summed E-state index contributed by atoms with van der Waals surface area (Å²) in [5, 5.41) is 3.22. The van der Waals surface area contributed by atoms with Crippen LogP contribution in [0.2, 0.25) is 5.02 Å². The summed E-state index contributed by atoms with van der Waals surface area (Å²) in [6.07, 6.45) is 0. The number of hydrogen-bond donors (Lipinski definition) is 1. The first kappa shape index (κ1) is 16.2. The fourth-order valence-electron chi connectivity index (χ4n) is 2.62. The van der Waals surface area contributed by atoms with Crippen molar-refractivity contribution in [2.75, 3.05) is 11.9 Å². The number of anilines is 1. The summed E-state index contributed by atoms with van der Waals surface area (Å²) in [4.78, 5) is 37.9. The topological polar surface area (TPSA) is 66.5 Å². The van der Waals surface area contributed by atoms with Gasteiger partial charge in [0.25, 0.3) is 11.8 Å². The average Bonchev–Trinajstić information content (AvgIpc) is 2.76. The van der Waals surface area contributed by atoms with E-state index in [2.05, 4.69) is 5.32 Å². The molecule has 0 atom stereocenters. The maximum absolute atomic E-state index is 12.4. The smallest absolute Gasteiger partial charge is 0.262 e. The van der Waals surface area contributed by atoms with E-state index in [9.17, 15) is 14.4 Å². The molecule has 0 radical (unpaired) electrons. The summed E-state index contributed by atoms with van der Waals surface area (Å²) in [5.74, 6) is -1.35. The van der Waals surface area contributed by atoms with Gasteiger partial charge in [-0.25, -0.2) is 0 Å². The van der Waals surface area contributed by atoms with E-state index in [1.54, 1.807) is 43.3 Å². The molecule has 1 heterocycles. The number of amides is 3. The van der Waals surface area contributed by atoms with Crippen LogP contribution in [0.5, 0.6) is 0 Å². The van der Waals surface area contributed by atoms with E-state index < -0.39 is 17.7 Å². The summed E-state index contributed by atoms with van der Waals surface area (Å²) in [5.41, 5.74) is 2.84. The van der Waals surface area contributed by atoms with Gasteiger partial charge in [0.2, 0.25) is 5.91 Å². The Hall–Kier alpha value is -2.66. The van der Waals surface area contributed by atoms with Gasteiger partial charge in [-0.2, -0.15) is 0 Å². The highest BCUT2D eigenvalue weighted by Gasteiger charge is 2.36. The normalized spacial score (nSPS) is 13.2. The molecule has 0 aliphatic carbocycles. The number of nitrogens with zero attached hydrogens (tertiary/aromatic N) is 1. The van der Waals surface area contributed by atoms with Gasteiger partial charge in [0.15, 0.2) is 0 Å². The van der Waals surface area contributed by atoms with Gasteiger partial charge >= 0.3 is 0 Å². The standard InChI is InChI=1S/C18H15ClN2O3/c1-10-6-7-12-13(8-10)18(24)21(17(12)23)9-16(22)20-15-5-3-4-14(19)11(15)2/h3-8H,9H2,1-2H3,(H,20,22). The Balaban J connectivity index is 1.77. The number of nitrogens with one attached hydrogen (secondary N) is 1. The summed E-state index contributed by atoms with van der Waals surface area (Å²) < 4.78 is 0. The minimum atomic E-state index is -0.452. The lowest BCUT2D eigenvalue weighted by Gasteiger charge is -2.15. The second kappa shape index (κ2) is 6.09. The van der Waals surface area contributed by atoms with Gasteiger partial charge in [0.05, 0.1) is 11.1 Å². The van der Waals surface area contributed by atoms with Crippen LogP contribution in [-0.4, -0.2) is 29.2 Å². The molecule has 0 saturated carbocycles. The van der Waals surface area contributed by atoms with Crippen LogP contribution in [0.15, 0.2) is 36.4 Å². The number of carbonyl (C=O) groups is 3. The summed E-state index contributed by atoms with van der Waals surface area (Å²) >= 11 is 6.02. The van der Waals surface area contributed by atoms with E-state index in [-0.39, 0.29) is 6.54 Å². The highest BCUT2D eigenvalue weighted by molar-refractivity contribution is 6.31. The van der Waals surface area contributed by atoms with Gasteiger partial charge < -0.3 is 5.32 Å². The van der Waals surface area contributed by atoms with Crippen molar-refractivity contribution in [2.45, 2.75) is 13.8 Å². The van der Waals surface area contributed by atoms with E-state index in [4.69, 9.17) is 11.6 Å². The first-order valence-corrected chi connectivity index (χ1v) is 7.78. The van der Waals surface area contributed by atoms with Crippen LogP contribution in [0.25, 0.3) is 0 Å². The Morgan fingerprint density at radius 2 is 1.79 bits per heavy atom. The Labute approximate surface area is 144 Å². The van der Waals surface area contributed by atoms with Gasteiger partial charge in [-0.15, -0.1) is 0 Å². The Bertz CT molecular complexity index is 877. The summed E-state index contributed by atoms with van der Waals surface area (Å²) in [6.45, 7) is 3.29. The first-order valence-electron chi connectivity index (χ1n) is 7.40. The fourth-order valence-corrected chi connectivity index (χ4v) is 2.80. The minimum Gasteiger partial charge on any atom is -0.324 e. The molecule has 3 rings (SSSR count). The zero-order valence-corrected chi connectivity index (χ0v) is 14.0. The highest BCUT2D eigenvalue weighted by atomic mass is 35.5. The van der Waals surface area contributed by atoms with Crippen LogP contribution < -0.4 is 5.32 Å². The van der Waals surface area contributed by atoms with Crippen LogP contribution in [0.3, 0.4) is 0 Å². The van der Waals surface area contributed by atoms with Crippen molar-refractivity contribution in [1.82, 2.24) is 4.90 Å². The number of hydrogen-bond acceptors (Lipinski definition) is 3. The number of carbonyl (C=O) groups excluding carboxylic acids is 3. The second-order valence-electron chi connectivity index (χ2n) is 5.71. The maximum atomic E-state index is 12.4. The summed E-state index contributed by atoms with van der Waals surface area (Å²) in [6, 6.07) is 10.2. The highest BCUT2D eigenvalue weighted by Crippen LogP contribution is 2.25. The monoisotopic (exact) mass is 342 g/mol. The van der Waals surface area contributed by atoms with Gasteiger partial charge in [0, 0.05) is 10.7 Å². The van der Waals surface area contributed by atoms with E-state index in [1.807, 2.05) is 6.92 Å². The summed E-state index contributed by atoms with van der Waals surface area (Å²) in [7, 11) is 0. The lowest BCUT2D eigenvalue weighted by atomic mass is 10.1. The van der Waals surface area contributed by atoms with E-state index in [0.29, 0.717) is 21.8 Å². The number of rotatable bonds is 3. The molecule has 24 heavy (non-hydrogen) atoms. The molecule has 5 nitrogen and oxygen atoms in total. The molecular weight excluding hydrogens is 328 g/mol. The predicted octanol–water partition coefficient (Wildman–Crippen LogP) is 3.19. The van der Waals surface area contributed by atoms with Crippen molar-refractivity contribution in [3.8, 4) is 0 Å². The molecule has 0 saturated heterocycles. The molecule has 0 spiro atoms. The second-order valence-corrected chi connectivity index (χ2v) is 6.11. The SMILES string of the molecule is Cc1ccc2c(c1)C(=O)N(CC(=O)Nc1cccc(Cl)c1C)C2=O. The molecule has 0 bridgehead atoms. The van der Waals surface area contributed by atoms with Crippen molar-refractivity contribution < 1.29 is 14.4 Å². The molecule has 0 unspecified atom stereocenters. The number of imide groups is 1.